The molecular weight excluding hydrogens is 332 g/mol. The highest BCUT2D eigenvalue weighted by Crippen LogP contribution is 2.42. The number of hydrogen-bond acceptors (Lipinski definition) is 4. The van der Waals surface area contributed by atoms with Crippen molar-refractivity contribution in [3.63, 3.8) is 0 Å². The summed E-state index contributed by atoms with van der Waals surface area (Å²) in [4.78, 5) is 16.9. The van der Waals surface area contributed by atoms with Crippen LogP contribution in [0.4, 0.5) is 0 Å². The third-order valence-corrected chi connectivity index (χ3v) is 6.07. The normalized spacial score (nSPS) is 21.0. The van der Waals surface area contributed by atoms with E-state index < -0.39 is 0 Å². The molecule has 0 aromatic heterocycles. The molecule has 0 saturated carbocycles. The highest BCUT2D eigenvalue weighted by atomic mass is 32.2. The van der Waals surface area contributed by atoms with E-state index in [1.165, 1.54) is 32.5 Å². The first-order valence-electron chi connectivity index (χ1n) is 9.25. The minimum absolute atomic E-state index is 0.0697. The van der Waals surface area contributed by atoms with Crippen LogP contribution in [0.5, 0.6) is 5.75 Å². The standard InChI is InChI=1S/C20H28N2O2S/c1-2-15-24-18-10-4-3-9-17(18)20-22(19(23)16-25-20)14-8-7-13-21-11-5-6-12-21/h2-4,9-10,20H,1,5-8,11-16H2. The summed E-state index contributed by atoms with van der Waals surface area (Å²) in [5, 5.41) is 0.0697. The van der Waals surface area contributed by atoms with Crippen molar-refractivity contribution in [2.24, 2.45) is 0 Å². The number of benzene rings is 1. The van der Waals surface area contributed by atoms with Crippen LogP contribution in [0.25, 0.3) is 0 Å². The number of carbonyl (C=O) groups excluding carboxylic acids is 1. The average molecular weight is 361 g/mol. The zero-order valence-corrected chi connectivity index (χ0v) is 15.7. The van der Waals surface area contributed by atoms with Crippen LogP contribution in [0.1, 0.15) is 36.6 Å². The van der Waals surface area contributed by atoms with Crippen LogP contribution >= 0.6 is 11.8 Å². The molecule has 2 aliphatic rings. The summed E-state index contributed by atoms with van der Waals surface area (Å²) in [6.07, 6.45) is 6.65. The lowest BCUT2D eigenvalue weighted by molar-refractivity contribution is -0.128. The lowest BCUT2D eigenvalue weighted by Gasteiger charge is -2.26. The number of carbonyl (C=O) groups is 1. The van der Waals surface area contributed by atoms with E-state index in [1.807, 2.05) is 23.1 Å². The quantitative estimate of drug-likeness (QED) is 0.497. The number of rotatable bonds is 9. The fourth-order valence-corrected chi connectivity index (χ4v) is 4.79. The topological polar surface area (TPSA) is 32.8 Å². The molecule has 1 amide bonds. The predicted molar refractivity (Wildman–Crippen MR) is 104 cm³/mol. The molecule has 5 heteroatoms. The Morgan fingerprint density at radius 3 is 2.76 bits per heavy atom. The Labute approximate surface area is 155 Å². The number of likely N-dealkylation sites (tertiary alicyclic amines) is 1. The van der Waals surface area contributed by atoms with Crippen molar-refractivity contribution in [2.75, 3.05) is 38.5 Å². The molecule has 25 heavy (non-hydrogen) atoms. The molecule has 0 bridgehead atoms. The molecule has 1 aromatic carbocycles. The maximum Gasteiger partial charge on any atom is 0.233 e. The fraction of sp³-hybridized carbons (Fsp3) is 0.550. The summed E-state index contributed by atoms with van der Waals surface area (Å²) >= 11 is 1.70. The van der Waals surface area contributed by atoms with Gasteiger partial charge in [-0.2, -0.15) is 0 Å². The Morgan fingerprint density at radius 2 is 1.96 bits per heavy atom. The van der Waals surface area contributed by atoms with Crippen molar-refractivity contribution in [3.8, 4) is 5.75 Å². The van der Waals surface area contributed by atoms with Crippen LogP contribution in [0.2, 0.25) is 0 Å². The smallest absolute Gasteiger partial charge is 0.233 e. The summed E-state index contributed by atoms with van der Waals surface area (Å²) in [7, 11) is 0. The Balaban J connectivity index is 1.58. The van der Waals surface area contributed by atoms with E-state index >= 15 is 0 Å². The summed E-state index contributed by atoms with van der Waals surface area (Å²) in [6, 6.07) is 8.05. The van der Waals surface area contributed by atoms with Gasteiger partial charge in [0, 0.05) is 12.1 Å². The van der Waals surface area contributed by atoms with Crippen LogP contribution in [0.15, 0.2) is 36.9 Å². The van der Waals surface area contributed by atoms with Gasteiger partial charge in [0.1, 0.15) is 17.7 Å². The molecule has 3 rings (SSSR count). The molecule has 1 atom stereocenters. The minimum Gasteiger partial charge on any atom is -0.489 e. The van der Waals surface area contributed by atoms with Gasteiger partial charge in [0.2, 0.25) is 5.91 Å². The molecule has 2 aliphatic heterocycles. The Bertz CT molecular complexity index is 587. The number of nitrogens with zero attached hydrogens (tertiary/aromatic N) is 2. The number of amides is 1. The van der Waals surface area contributed by atoms with Gasteiger partial charge in [-0.1, -0.05) is 30.9 Å². The molecule has 2 saturated heterocycles. The van der Waals surface area contributed by atoms with Gasteiger partial charge in [0.05, 0.1) is 5.75 Å². The van der Waals surface area contributed by atoms with Gasteiger partial charge >= 0.3 is 0 Å². The van der Waals surface area contributed by atoms with E-state index in [2.05, 4.69) is 17.5 Å². The highest BCUT2D eigenvalue weighted by molar-refractivity contribution is 8.00. The average Bonchev–Trinajstić information content (AvgIpc) is 3.27. The predicted octanol–water partition coefficient (Wildman–Crippen LogP) is 3.70. The van der Waals surface area contributed by atoms with E-state index in [9.17, 15) is 4.79 Å². The third-order valence-electron chi connectivity index (χ3n) is 4.83. The van der Waals surface area contributed by atoms with Crippen LogP contribution in [0.3, 0.4) is 0 Å². The zero-order valence-electron chi connectivity index (χ0n) is 14.9. The van der Waals surface area contributed by atoms with Crippen molar-refractivity contribution >= 4 is 17.7 Å². The molecule has 1 unspecified atom stereocenters. The lowest BCUT2D eigenvalue weighted by atomic mass is 10.1. The van der Waals surface area contributed by atoms with Crippen LogP contribution < -0.4 is 4.74 Å². The van der Waals surface area contributed by atoms with Crippen LogP contribution in [-0.4, -0.2) is 54.2 Å². The number of ether oxygens (including phenoxy) is 1. The molecule has 2 fully saturated rings. The maximum atomic E-state index is 12.4. The number of thioether (sulfide) groups is 1. The molecule has 0 aliphatic carbocycles. The molecule has 1 aromatic rings. The van der Waals surface area contributed by atoms with E-state index in [-0.39, 0.29) is 11.3 Å². The van der Waals surface area contributed by atoms with Gasteiger partial charge in [-0.05, 0) is 51.4 Å². The lowest BCUT2D eigenvalue weighted by Crippen LogP contribution is -2.30. The van der Waals surface area contributed by atoms with E-state index in [0.717, 1.165) is 30.7 Å². The van der Waals surface area contributed by atoms with Gasteiger partial charge in [0.15, 0.2) is 0 Å². The van der Waals surface area contributed by atoms with E-state index in [1.54, 1.807) is 17.8 Å². The van der Waals surface area contributed by atoms with Gasteiger partial charge in [0.25, 0.3) is 0 Å². The van der Waals surface area contributed by atoms with Crippen molar-refractivity contribution in [3.05, 3.63) is 42.5 Å². The van der Waals surface area contributed by atoms with E-state index in [0.29, 0.717) is 12.4 Å². The molecule has 4 nitrogen and oxygen atoms in total. The van der Waals surface area contributed by atoms with Crippen molar-refractivity contribution < 1.29 is 9.53 Å². The van der Waals surface area contributed by atoms with Gasteiger partial charge in [-0.3, -0.25) is 4.79 Å². The zero-order chi connectivity index (χ0) is 17.5. The molecule has 136 valence electrons. The van der Waals surface area contributed by atoms with Gasteiger partial charge < -0.3 is 14.5 Å². The largest absolute Gasteiger partial charge is 0.489 e. The first-order valence-corrected chi connectivity index (χ1v) is 10.3. The van der Waals surface area contributed by atoms with Gasteiger partial charge in [-0.15, -0.1) is 11.8 Å². The Kier molecular flexibility index (Phi) is 6.82. The van der Waals surface area contributed by atoms with Crippen LogP contribution in [0, 0.1) is 0 Å². The van der Waals surface area contributed by atoms with Crippen molar-refractivity contribution in [1.82, 2.24) is 9.80 Å². The number of para-hydroxylation sites is 1. The van der Waals surface area contributed by atoms with Crippen LogP contribution in [-0.2, 0) is 4.79 Å². The minimum atomic E-state index is 0.0697. The second-order valence-electron chi connectivity index (χ2n) is 6.64. The molecule has 0 N–H and O–H groups in total. The second kappa shape index (κ2) is 9.30. The van der Waals surface area contributed by atoms with E-state index in [4.69, 9.17) is 4.74 Å². The maximum absolute atomic E-state index is 12.4. The monoisotopic (exact) mass is 360 g/mol. The van der Waals surface area contributed by atoms with Crippen molar-refractivity contribution in [2.45, 2.75) is 31.1 Å². The molecule has 0 radical (unpaired) electrons. The number of unbranched alkanes of at least 4 members (excludes halogenated alkanes) is 1. The third kappa shape index (κ3) is 4.79. The number of hydrogen-bond donors (Lipinski definition) is 0. The summed E-state index contributed by atoms with van der Waals surface area (Å²) < 4.78 is 5.80. The first kappa shape index (κ1) is 18.3. The second-order valence-corrected chi connectivity index (χ2v) is 7.71. The fourth-order valence-electron chi connectivity index (χ4n) is 3.54. The first-order chi connectivity index (χ1) is 12.3. The summed E-state index contributed by atoms with van der Waals surface area (Å²) in [6.45, 7) is 8.69. The SMILES string of the molecule is C=CCOc1ccccc1C1SCC(=O)N1CCCCN1CCCC1. The molecular formula is C20H28N2O2S. The van der Waals surface area contributed by atoms with Crippen molar-refractivity contribution in [1.29, 1.82) is 0 Å². The highest BCUT2D eigenvalue weighted by Gasteiger charge is 2.34. The Hall–Kier alpha value is -1.46. The molecule has 2 heterocycles. The van der Waals surface area contributed by atoms with Gasteiger partial charge in [-0.25, -0.2) is 0 Å². The summed E-state index contributed by atoms with van der Waals surface area (Å²) in [5.74, 6) is 1.67. The Morgan fingerprint density at radius 1 is 1.20 bits per heavy atom. The molecule has 0 spiro atoms. The summed E-state index contributed by atoms with van der Waals surface area (Å²) in [5.41, 5.74) is 1.10.